The summed E-state index contributed by atoms with van der Waals surface area (Å²) in [6.45, 7) is 1.20. The van der Waals surface area contributed by atoms with Crippen LogP contribution in [-0.4, -0.2) is 70.8 Å². The molecule has 2 aromatic heterocycles. The van der Waals surface area contributed by atoms with E-state index in [0.29, 0.717) is 46.8 Å². The Morgan fingerprint density at radius 3 is 2.79 bits per heavy atom. The normalized spacial score (nSPS) is 15.5. The summed E-state index contributed by atoms with van der Waals surface area (Å²) in [6.07, 6.45) is 0.815. The summed E-state index contributed by atoms with van der Waals surface area (Å²) in [5.74, 6) is -0.137. The molecule has 0 bridgehead atoms. The van der Waals surface area contributed by atoms with Gasteiger partial charge in [0, 0.05) is 42.3 Å². The molecule has 34 heavy (non-hydrogen) atoms. The number of benzene rings is 2. The summed E-state index contributed by atoms with van der Waals surface area (Å²) in [5, 5.41) is 21.1. The maximum atomic E-state index is 14.5. The molecule has 0 spiro atoms. The second-order valence-corrected chi connectivity index (χ2v) is 8.02. The number of rotatable bonds is 8. The number of likely N-dealkylation sites (tertiary alicyclic amines) is 1. The lowest BCUT2D eigenvalue weighted by atomic mass is 10.0. The van der Waals surface area contributed by atoms with Crippen LogP contribution in [0.25, 0.3) is 33.6 Å². The number of nitrogens with one attached hydrogen (secondary N) is 1. The first-order valence-corrected chi connectivity index (χ1v) is 10.9. The van der Waals surface area contributed by atoms with Gasteiger partial charge in [0.2, 0.25) is 0 Å². The van der Waals surface area contributed by atoms with E-state index in [9.17, 15) is 14.3 Å². The number of hydrogen-bond donors (Lipinski definition) is 2. The van der Waals surface area contributed by atoms with E-state index in [-0.39, 0.29) is 30.9 Å². The van der Waals surface area contributed by atoms with Crippen LogP contribution in [0, 0.1) is 5.82 Å². The van der Waals surface area contributed by atoms with Gasteiger partial charge >= 0.3 is 0 Å². The minimum absolute atomic E-state index is 0.0283. The van der Waals surface area contributed by atoms with Crippen LogP contribution >= 0.6 is 0 Å². The SMILES string of the molecule is COCCOc1cc2[nH]nc(-c3cc(-c4ccc(C(=O)N5CC[C@@H]5CO)cc4)no3)c2cc1F. The van der Waals surface area contributed by atoms with Gasteiger partial charge in [-0.1, -0.05) is 17.3 Å². The van der Waals surface area contributed by atoms with Crippen LogP contribution in [0.3, 0.4) is 0 Å². The van der Waals surface area contributed by atoms with Crippen molar-refractivity contribution < 1.29 is 28.3 Å². The Kier molecular flexibility index (Phi) is 5.99. The van der Waals surface area contributed by atoms with Gasteiger partial charge in [0.1, 0.15) is 18.0 Å². The predicted octanol–water partition coefficient (Wildman–Crippen LogP) is 3.26. The van der Waals surface area contributed by atoms with Gasteiger partial charge < -0.3 is 24.0 Å². The van der Waals surface area contributed by atoms with E-state index < -0.39 is 5.82 Å². The van der Waals surface area contributed by atoms with Crippen LogP contribution in [0.4, 0.5) is 4.39 Å². The summed E-state index contributed by atoms with van der Waals surface area (Å²) in [5.41, 5.74) is 2.88. The quantitative estimate of drug-likeness (QED) is 0.383. The molecule has 0 aliphatic carbocycles. The number of hydrogen-bond acceptors (Lipinski definition) is 7. The summed E-state index contributed by atoms with van der Waals surface area (Å²) >= 11 is 0. The smallest absolute Gasteiger partial charge is 0.254 e. The summed E-state index contributed by atoms with van der Waals surface area (Å²) in [7, 11) is 1.55. The number of carbonyl (C=O) groups is 1. The number of H-pyrrole nitrogens is 1. The monoisotopic (exact) mass is 466 g/mol. The molecule has 1 atom stereocenters. The molecule has 1 amide bonds. The number of ether oxygens (including phenoxy) is 2. The van der Waals surface area contributed by atoms with E-state index in [1.807, 2.05) is 0 Å². The first-order chi connectivity index (χ1) is 16.6. The maximum Gasteiger partial charge on any atom is 0.254 e. The van der Waals surface area contributed by atoms with E-state index in [4.69, 9.17) is 14.0 Å². The average Bonchev–Trinajstić information content (AvgIpc) is 3.46. The van der Waals surface area contributed by atoms with Crippen LogP contribution in [-0.2, 0) is 4.74 Å². The molecule has 176 valence electrons. The number of carbonyl (C=O) groups excluding carboxylic acids is 1. The van der Waals surface area contributed by atoms with E-state index in [1.165, 1.54) is 6.07 Å². The molecule has 1 fully saturated rings. The molecule has 0 radical (unpaired) electrons. The van der Waals surface area contributed by atoms with Crippen molar-refractivity contribution in [3.05, 3.63) is 53.8 Å². The number of aromatic nitrogens is 3. The van der Waals surface area contributed by atoms with Crippen molar-refractivity contribution in [2.75, 3.05) is 33.5 Å². The summed E-state index contributed by atoms with van der Waals surface area (Å²) < 4.78 is 30.3. The minimum Gasteiger partial charge on any atom is -0.488 e. The Morgan fingerprint density at radius 2 is 2.09 bits per heavy atom. The topological polar surface area (TPSA) is 114 Å². The second-order valence-electron chi connectivity index (χ2n) is 8.02. The molecular formula is C24H23FN4O5. The van der Waals surface area contributed by atoms with Crippen molar-refractivity contribution in [2.45, 2.75) is 12.5 Å². The molecule has 1 aliphatic heterocycles. The third-order valence-electron chi connectivity index (χ3n) is 5.95. The molecule has 2 aromatic carbocycles. The van der Waals surface area contributed by atoms with Crippen molar-refractivity contribution in [1.82, 2.24) is 20.3 Å². The van der Waals surface area contributed by atoms with Gasteiger partial charge in [-0.05, 0) is 24.6 Å². The number of aliphatic hydroxyl groups excluding tert-OH is 1. The average molecular weight is 466 g/mol. The molecule has 0 saturated carbocycles. The van der Waals surface area contributed by atoms with Gasteiger partial charge in [0.25, 0.3) is 5.91 Å². The molecule has 2 N–H and O–H groups in total. The predicted molar refractivity (Wildman–Crippen MR) is 121 cm³/mol. The Hall–Kier alpha value is -3.76. The third-order valence-corrected chi connectivity index (χ3v) is 5.95. The molecule has 5 rings (SSSR count). The van der Waals surface area contributed by atoms with Crippen molar-refractivity contribution in [2.24, 2.45) is 0 Å². The van der Waals surface area contributed by atoms with E-state index in [1.54, 1.807) is 48.4 Å². The van der Waals surface area contributed by atoms with Crippen molar-refractivity contribution in [3.8, 4) is 28.5 Å². The maximum absolute atomic E-state index is 14.5. The highest BCUT2D eigenvalue weighted by Gasteiger charge is 2.32. The Balaban J connectivity index is 1.35. The fraction of sp³-hybridized carbons (Fsp3) is 0.292. The number of amides is 1. The van der Waals surface area contributed by atoms with Gasteiger partial charge in [-0.2, -0.15) is 5.10 Å². The van der Waals surface area contributed by atoms with Gasteiger partial charge in [0.05, 0.1) is 24.8 Å². The van der Waals surface area contributed by atoms with Gasteiger partial charge in [-0.15, -0.1) is 0 Å². The molecule has 4 aromatic rings. The standard InChI is InChI=1S/C24H23FN4O5/c1-32-8-9-33-21-12-20-17(10-18(21)25)23(27-26-20)22-11-19(28-34-22)14-2-4-15(5-3-14)24(31)29-7-6-16(29)13-30/h2-5,10-12,16,30H,6-9,13H2,1H3,(H,26,27)/t16-/m1/s1. The minimum atomic E-state index is -0.517. The molecular weight excluding hydrogens is 443 g/mol. The number of aromatic amines is 1. The highest BCUT2D eigenvalue weighted by molar-refractivity contribution is 5.95. The number of fused-ring (bicyclic) bond motifs is 1. The van der Waals surface area contributed by atoms with Crippen LogP contribution in [0.2, 0.25) is 0 Å². The highest BCUT2D eigenvalue weighted by atomic mass is 19.1. The number of nitrogens with zero attached hydrogens (tertiary/aromatic N) is 3. The lowest BCUT2D eigenvalue weighted by Gasteiger charge is -2.39. The van der Waals surface area contributed by atoms with E-state index >= 15 is 0 Å². The second kappa shape index (κ2) is 9.24. The van der Waals surface area contributed by atoms with E-state index in [2.05, 4.69) is 15.4 Å². The van der Waals surface area contributed by atoms with Crippen molar-refractivity contribution in [3.63, 3.8) is 0 Å². The molecule has 1 saturated heterocycles. The van der Waals surface area contributed by atoms with E-state index in [0.717, 1.165) is 12.0 Å². The molecule has 0 unspecified atom stereocenters. The van der Waals surface area contributed by atoms with Crippen molar-refractivity contribution >= 4 is 16.8 Å². The van der Waals surface area contributed by atoms with Crippen LogP contribution in [0.5, 0.6) is 5.75 Å². The van der Waals surface area contributed by atoms with Crippen molar-refractivity contribution in [1.29, 1.82) is 0 Å². The summed E-state index contributed by atoms with van der Waals surface area (Å²) in [4.78, 5) is 14.2. The fourth-order valence-corrected chi connectivity index (χ4v) is 3.92. The fourth-order valence-electron chi connectivity index (χ4n) is 3.92. The first-order valence-electron chi connectivity index (χ1n) is 10.9. The zero-order chi connectivity index (χ0) is 23.7. The zero-order valence-electron chi connectivity index (χ0n) is 18.5. The lowest BCUT2D eigenvalue weighted by molar-refractivity contribution is 0.0296. The van der Waals surface area contributed by atoms with Crippen LogP contribution in [0.15, 0.2) is 47.0 Å². The molecule has 1 aliphatic rings. The third kappa shape index (κ3) is 4.02. The lowest BCUT2D eigenvalue weighted by Crippen LogP contribution is -2.52. The number of halogens is 1. The first kappa shape index (κ1) is 22.1. The largest absolute Gasteiger partial charge is 0.488 e. The Bertz CT molecular complexity index is 1310. The van der Waals surface area contributed by atoms with Gasteiger partial charge in [-0.3, -0.25) is 9.89 Å². The molecule has 9 nitrogen and oxygen atoms in total. The number of methoxy groups -OCH3 is 1. The Morgan fingerprint density at radius 1 is 1.26 bits per heavy atom. The van der Waals surface area contributed by atoms with Gasteiger partial charge in [-0.25, -0.2) is 4.39 Å². The zero-order valence-corrected chi connectivity index (χ0v) is 18.5. The Labute approximate surface area is 194 Å². The molecule has 3 heterocycles. The molecule has 10 heteroatoms. The summed E-state index contributed by atoms with van der Waals surface area (Å²) in [6, 6.07) is 11.5. The van der Waals surface area contributed by atoms with Crippen LogP contribution in [0.1, 0.15) is 16.8 Å². The number of aliphatic hydroxyl groups is 1. The highest BCUT2D eigenvalue weighted by Crippen LogP contribution is 2.33. The van der Waals surface area contributed by atoms with Crippen LogP contribution < -0.4 is 4.74 Å². The van der Waals surface area contributed by atoms with Gasteiger partial charge in [0.15, 0.2) is 17.3 Å².